The second-order valence-electron chi connectivity index (χ2n) is 7.72. The van der Waals surface area contributed by atoms with Crippen molar-refractivity contribution in [1.29, 1.82) is 0 Å². The van der Waals surface area contributed by atoms with Crippen molar-refractivity contribution in [3.8, 4) is 0 Å². The highest BCUT2D eigenvalue weighted by Crippen LogP contribution is 2.36. The van der Waals surface area contributed by atoms with Crippen molar-refractivity contribution in [3.05, 3.63) is 11.6 Å². The van der Waals surface area contributed by atoms with Gasteiger partial charge in [-0.15, -0.1) is 0 Å². The summed E-state index contributed by atoms with van der Waals surface area (Å²) in [5, 5.41) is 10.5. The van der Waals surface area contributed by atoms with E-state index < -0.39 is 0 Å². The lowest BCUT2D eigenvalue weighted by Gasteiger charge is -2.26. The highest BCUT2D eigenvalue weighted by Gasteiger charge is 2.18. The molecular formula is C21H28N6O3S2. The first-order valence-electron chi connectivity index (χ1n) is 10.8. The molecule has 0 spiro atoms. The van der Waals surface area contributed by atoms with Crippen LogP contribution in [0.25, 0.3) is 20.4 Å². The van der Waals surface area contributed by atoms with Gasteiger partial charge < -0.3 is 25.6 Å². The number of hydrogen-bond donors (Lipinski definition) is 3. The molecule has 4 rings (SSSR count). The summed E-state index contributed by atoms with van der Waals surface area (Å²) >= 11 is 3.06. The standard InChI is InChI=1S/C21H28N6O3S2/c1-13-18-14(31-20(25-18)23-11-16(28)22-6-9-30-2)10-15-19(13)26-21(32-15)24-12-17(29)27-7-4-3-5-8-27/h10H,3-9,11-12H2,1-2H3,(H,22,28)(H,23,25)(H,24,26). The van der Waals surface area contributed by atoms with E-state index in [1.165, 1.54) is 17.8 Å². The first-order chi connectivity index (χ1) is 15.5. The summed E-state index contributed by atoms with van der Waals surface area (Å²) in [6.45, 7) is 5.12. The fraction of sp³-hybridized carbons (Fsp3) is 0.524. The zero-order valence-corrected chi connectivity index (χ0v) is 20.0. The fourth-order valence-corrected chi connectivity index (χ4v) is 5.69. The first kappa shape index (κ1) is 22.7. The number of aromatic nitrogens is 2. The molecule has 0 unspecified atom stereocenters. The molecule has 0 atom stereocenters. The molecule has 1 aliphatic heterocycles. The van der Waals surface area contributed by atoms with Gasteiger partial charge in [-0.05, 0) is 32.3 Å². The molecule has 11 heteroatoms. The van der Waals surface area contributed by atoms with Crippen molar-refractivity contribution < 1.29 is 14.3 Å². The molecule has 1 aliphatic rings. The highest BCUT2D eigenvalue weighted by molar-refractivity contribution is 7.24. The molecule has 0 bridgehead atoms. The molecule has 0 aliphatic carbocycles. The van der Waals surface area contributed by atoms with E-state index in [0.717, 1.165) is 57.1 Å². The van der Waals surface area contributed by atoms with Crippen LogP contribution in [-0.2, 0) is 14.3 Å². The molecular weight excluding hydrogens is 448 g/mol. The summed E-state index contributed by atoms with van der Waals surface area (Å²) in [6.07, 6.45) is 3.38. The first-order valence-corrected chi connectivity index (χ1v) is 12.4. The molecule has 0 saturated carbocycles. The molecule has 3 aromatic rings. The number of piperidine rings is 1. The molecule has 2 amide bonds. The molecule has 3 heterocycles. The largest absolute Gasteiger partial charge is 0.383 e. The number of anilines is 2. The van der Waals surface area contributed by atoms with Crippen molar-refractivity contribution in [2.24, 2.45) is 0 Å². The third kappa shape index (κ3) is 5.28. The Labute approximate surface area is 194 Å². The number of fused-ring (bicyclic) bond motifs is 2. The van der Waals surface area contributed by atoms with Crippen LogP contribution in [-0.4, -0.2) is 73.1 Å². The van der Waals surface area contributed by atoms with Crippen LogP contribution in [0.5, 0.6) is 0 Å². The summed E-state index contributed by atoms with van der Waals surface area (Å²) in [6, 6.07) is 2.08. The second-order valence-corrected chi connectivity index (χ2v) is 9.79. The smallest absolute Gasteiger partial charge is 0.241 e. The summed E-state index contributed by atoms with van der Waals surface area (Å²) in [7, 11) is 1.60. The summed E-state index contributed by atoms with van der Waals surface area (Å²) in [5.74, 6) is 0.0285. The molecule has 0 radical (unpaired) electrons. The van der Waals surface area contributed by atoms with Gasteiger partial charge in [0.05, 0.1) is 40.1 Å². The zero-order chi connectivity index (χ0) is 22.5. The maximum atomic E-state index is 12.4. The van der Waals surface area contributed by atoms with Gasteiger partial charge in [0.25, 0.3) is 0 Å². The molecule has 1 aromatic carbocycles. The number of nitrogens with one attached hydrogen (secondary N) is 3. The minimum absolute atomic E-state index is 0.101. The predicted molar refractivity (Wildman–Crippen MR) is 130 cm³/mol. The second kappa shape index (κ2) is 10.4. The van der Waals surface area contributed by atoms with Crippen LogP contribution in [0.4, 0.5) is 10.3 Å². The van der Waals surface area contributed by atoms with Gasteiger partial charge in [-0.25, -0.2) is 9.97 Å². The minimum atomic E-state index is -0.101. The van der Waals surface area contributed by atoms with Crippen LogP contribution in [0.15, 0.2) is 6.07 Å². The third-order valence-electron chi connectivity index (χ3n) is 5.41. The Morgan fingerprint density at radius 3 is 2.28 bits per heavy atom. The summed E-state index contributed by atoms with van der Waals surface area (Å²) < 4.78 is 7.02. The van der Waals surface area contributed by atoms with Crippen LogP contribution in [0, 0.1) is 6.92 Å². The Bertz CT molecular complexity index is 1110. The van der Waals surface area contributed by atoms with E-state index in [9.17, 15) is 9.59 Å². The molecule has 1 fully saturated rings. The van der Waals surface area contributed by atoms with E-state index in [-0.39, 0.29) is 24.9 Å². The summed E-state index contributed by atoms with van der Waals surface area (Å²) in [4.78, 5) is 35.6. The molecule has 2 aromatic heterocycles. The lowest BCUT2D eigenvalue weighted by atomic mass is 10.1. The predicted octanol–water partition coefficient (Wildman–Crippen LogP) is 2.81. The number of benzene rings is 1. The number of amides is 2. The van der Waals surface area contributed by atoms with Gasteiger partial charge in [0.1, 0.15) is 0 Å². The quantitative estimate of drug-likeness (QED) is 0.408. The van der Waals surface area contributed by atoms with Crippen molar-refractivity contribution in [2.45, 2.75) is 26.2 Å². The van der Waals surface area contributed by atoms with Crippen molar-refractivity contribution >= 4 is 65.2 Å². The van der Waals surface area contributed by atoms with Crippen LogP contribution in [0.1, 0.15) is 24.8 Å². The van der Waals surface area contributed by atoms with Crippen molar-refractivity contribution in [1.82, 2.24) is 20.2 Å². The lowest BCUT2D eigenvalue weighted by Crippen LogP contribution is -2.39. The number of ether oxygens (including phenoxy) is 1. The Morgan fingerprint density at radius 1 is 1.03 bits per heavy atom. The topological polar surface area (TPSA) is 108 Å². The van der Waals surface area contributed by atoms with E-state index in [4.69, 9.17) is 9.72 Å². The molecule has 9 nitrogen and oxygen atoms in total. The average Bonchev–Trinajstić information content (AvgIpc) is 3.41. The maximum Gasteiger partial charge on any atom is 0.241 e. The Hall–Kier alpha value is -2.50. The molecule has 172 valence electrons. The Balaban J connectivity index is 1.41. The molecule has 1 saturated heterocycles. The summed E-state index contributed by atoms with van der Waals surface area (Å²) in [5.41, 5.74) is 2.77. The number of nitrogens with zero attached hydrogens (tertiary/aromatic N) is 3. The van der Waals surface area contributed by atoms with Crippen LogP contribution >= 0.6 is 22.7 Å². The number of aryl methyl sites for hydroxylation is 1. The lowest BCUT2D eigenvalue weighted by molar-refractivity contribution is -0.130. The van der Waals surface area contributed by atoms with Crippen LogP contribution in [0.3, 0.4) is 0 Å². The number of likely N-dealkylation sites (tertiary alicyclic amines) is 1. The van der Waals surface area contributed by atoms with Crippen molar-refractivity contribution in [2.75, 3.05) is 57.1 Å². The monoisotopic (exact) mass is 476 g/mol. The highest BCUT2D eigenvalue weighted by atomic mass is 32.1. The normalized spacial score (nSPS) is 14.1. The van der Waals surface area contributed by atoms with Gasteiger partial charge >= 0.3 is 0 Å². The van der Waals surface area contributed by atoms with Gasteiger partial charge in [-0.2, -0.15) is 0 Å². The van der Waals surface area contributed by atoms with Crippen molar-refractivity contribution in [3.63, 3.8) is 0 Å². The number of hydrogen-bond acceptors (Lipinski definition) is 9. The third-order valence-corrected chi connectivity index (χ3v) is 7.33. The maximum absolute atomic E-state index is 12.4. The Kier molecular flexibility index (Phi) is 7.38. The SMILES string of the molecule is COCCNC(=O)CNc1nc2c(C)c3nc(NCC(=O)N4CCCCC4)sc3cc2s1. The van der Waals surface area contributed by atoms with Gasteiger partial charge in [0, 0.05) is 32.3 Å². The number of carbonyl (C=O) groups is 2. The van der Waals surface area contributed by atoms with Gasteiger partial charge in [0.2, 0.25) is 11.8 Å². The van der Waals surface area contributed by atoms with E-state index in [1.807, 2.05) is 11.8 Å². The average molecular weight is 477 g/mol. The van der Waals surface area contributed by atoms with E-state index in [1.54, 1.807) is 18.4 Å². The molecule has 3 N–H and O–H groups in total. The van der Waals surface area contributed by atoms with Crippen LogP contribution in [0.2, 0.25) is 0 Å². The van der Waals surface area contributed by atoms with Gasteiger partial charge in [0.15, 0.2) is 10.3 Å². The fourth-order valence-electron chi connectivity index (χ4n) is 3.70. The number of methoxy groups -OCH3 is 1. The zero-order valence-electron chi connectivity index (χ0n) is 18.3. The minimum Gasteiger partial charge on any atom is -0.383 e. The molecule has 32 heavy (non-hydrogen) atoms. The van der Waals surface area contributed by atoms with E-state index >= 15 is 0 Å². The van der Waals surface area contributed by atoms with Gasteiger partial charge in [-0.1, -0.05) is 22.7 Å². The van der Waals surface area contributed by atoms with Crippen LogP contribution < -0.4 is 16.0 Å². The van der Waals surface area contributed by atoms with E-state index in [0.29, 0.717) is 18.3 Å². The number of rotatable bonds is 9. The van der Waals surface area contributed by atoms with E-state index in [2.05, 4.69) is 27.0 Å². The van der Waals surface area contributed by atoms with Gasteiger partial charge in [-0.3, -0.25) is 9.59 Å². The Morgan fingerprint density at radius 2 is 1.66 bits per heavy atom. The number of thiazole rings is 2. The number of carbonyl (C=O) groups excluding carboxylic acids is 2.